The Balaban J connectivity index is 1.39. The lowest BCUT2D eigenvalue weighted by Crippen LogP contribution is -2.24. The molecule has 0 aliphatic carbocycles. The number of hydrogen-bond donors (Lipinski definition) is 1. The fraction of sp³-hybridized carbons (Fsp3) is 0.115. The molecule has 174 valence electrons. The molecule has 9 heteroatoms. The van der Waals surface area contributed by atoms with Crippen molar-refractivity contribution >= 4 is 45.0 Å². The number of pyridine rings is 1. The van der Waals surface area contributed by atoms with Gasteiger partial charge in [-0.05, 0) is 37.6 Å². The number of anilines is 1. The fourth-order valence-corrected chi connectivity index (χ4v) is 5.11. The molecule has 0 saturated heterocycles. The number of rotatable bonds is 6. The minimum atomic E-state index is -0.230. The summed E-state index contributed by atoms with van der Waals surface area (Å²) in [4.78, 5) is 39.7. The van der Waals surface area contributed by atoms with Crippen molar-refractivity contribution in [2.45, 2.75) is 19.0 Å². The number of fused-ring (bicyclic) bond motifs is 1. The number of aromatic nitrogens is 4. The van der Waals surface area contributed by atoms with E-state index < -0.39 is 0 Å². The normalized spacial score (nSPS) is 11.0. The van der Waals surface area contributed by atoms with E-state index in [0.29, 0.717) is 27.0 Å². The Hall–Kier alpha value is -3.82. The second kappa shape index (κ2) is 9.81. The number of thiazole rings is 1. The molecule has 1 amide bonds. The van der Waals surface area contributed by atoms with Gasteiger partial charge < -0.3 is 5.32 Å². The maximum Gasteiger partial charge on any atom is 0.267 e. The molecule has 7 nitrogen and oxygen atoms in total. The summed E-state index contributed by atoms with van der Waals surface area (Å²) in [7, 11) is 0. The van der Waals surface area contributed by atoms with Gasteiger partial charge >= 0.3 is 0 Å². The summed E-state index contributed by atoms with van der Waals surface area (Å²) in [5.74, 6) is 0.337. The highest BCUT2D eigenvalue weighted by atomic mass is 32.2. The molecule has 35 heavy (non-hydrogen) atoms. The van der Waals surface area contributed by atoms with E-state index >= 15 is 0 Å². The third kappa shape index (κ3) is 4.87. The van der Waals surface area contributed by atoms with Gasteiger partial charge in [0.05, 0.1) is 22.3 Å². The second-order valence-corrected chi connectivity index (χ2v) is 9.74. The molecule has 1 N–H and O–H groups in total. The van der Waals surface area contributed by atoms with Gasteiger partial charge in [0.25, 0.3) is 5.56 Å². The first-order chi connectivity index (χ1) is 17.0. The number of nitrogens with one attached hydrogen (secondary N) is 1. The summed E-state index contributed by atoms with van der Waals surface area (Å²) in [5, 5.41) is 6.20. The Morgan fingerprint density at radius 1 is 1.03 bits per heavy atom. The monoisotopic (exact) mass is 499 g/mol. The average molecular weight is 500 g/mol. The lowest BCUT2D eigenvalue weighted by molar-refractivity contribution is -0.113. The lowest BCUT2D eigenvalue weighted by Gasteiger charge is -2.13. The van der Waals surface area contributed by atoms with Crippen molar-refractivity contribution in [3.63, 3.8) is 0 Å². The fourth-order valence-electron chi connectivity index (χ4n) is 3.58. The van der Waals surface area contributed by atoms with Crippen LogP contribution in [-0.4, -0.2) is 31.2 Å². The number of hydrogen-bond acceptors (Lipinski definition) is 7. The van der Waals surface area contributed by atoms with Crippen LogP contribution in [0.25, 0.3) is 28.0 Å². The van der Waals surface area contributed by atoms with Gasteiger partial charge in [0, 0.05) is 17.1 Å². The van der Waals surface area contributed by atoms with Crippen molar-refractivity contribution in [3.8, 4) is 17.1 Å². The van der Waals surface area contributed by atoms with Gasteiger partial charge in [0.2, 0.25) is 5.91 Å². The highest BCUT2D eigenvalue weighted by Gasteiger charge is 2.17. The van der Waals surface area contributed by atoms with Crippen LogP contribution in [0.2, 0.25) is 0 Å². The van der Waals surface area contributed by atoms with Crippen LogP contribution in [0.3, 0.4) is 0 Å². The minimum absolute atomic E-state index is 0.0656. The van der Waals surface area contributed by atoms with E-state index in [1.165, 1.54) is 33.2 Å². The first kappa shape index (κ1) is 22.9. The van der Waals surface area contributed by atoms with E-state index in [1.54, 1.807) is 24.4 Å². The number of amides is 1. The van der Waals surface area contributed by atoms with E-state index in [4.69, 9.17) is 0 Å². The van der Waals surface area contributed by atoms with Gasteiger partial charge in [0.15, 0.2) is 10.3 Å². The van der Waals surface area contributed by atoms with Gasteiger partial charge in [-0.3, -0.25) is 9.59 Å². The standard InChI is InChI=1S/C26H21N5O2S2/c1-16-9-11-18(12-10-16)21-14-34-25(28-21)30-22(32)15-35-26-29-20-8-4-3-7-19(20)24(33)31(26)23-17(2)6-5-13-27-23/h3-14H,15H2,1-2H3,(H,28,30,32). The van der Waals surface area contributed by atoms with Crippen LogP contribution in [-0.2, 0) is 4.79 Å². The maximum absolute atomic E-state index is 13.4. The molecular formula is C26H21N5O2S2. The molecule has 0 saturated carbocycles. The molecule has 0 spiro atoms. The highest BCUT2D eigenvalue weighted by Crippen LogP contribution is 2.26. The molecular weight excluding hydrogens is 478 g/mol. The van der Waals surface area contributed by atoms with E-state index in [9.17, 15) is 9.59 Å². The van der Waals surface area contributed by atoms with Gasteiger partial charge in [0.1, 0.15) is 5.82 Å². The molecule has 0 unspecified atom stereocenters. The van der Waals surface area contributed by atoms with Gasteiger partial charge in [-0.1, -0.05) is 59.8 Å². The molecule has 5 aromatic rings. The molecule has 0 aliphatic heterocycles. The van der Waals surface area contributed by atoms with Crippen molar-refractivity contribution in [1.29, 1.82) is 0 Å². The van der Waals surface area contributed by atoms with E-state index in [0.717, 1.165) is 16.8 Å². The van der Waals surface area contributed by atoms with Crippen molar-refractivity contribution in [1.82, 2.24) is 19.5 Å². The highest BCUT2D eigenvalue weighted by molar-refractivity contribution is 7.99. The molecule has 2 aromatic carbocycles. The Kier molecular flexibility index (Phi) is 6.43. The van der Waals surface area contributed by atoms with Crippen LogP contribution in [0.15, 0.2) is 82.2 Å². The summed E-state index contributed by atoms with van der Waals surface area (Å²) in [6.07, 6.45) is 1.64. The SMILES string of the molecule is Cc1ccc(-c2csc(NC(=O)CSc3nc4ccccc4c(=O)n3-c3ncccc3C)n2)cc1. The van der Waals surface area contributed by atoms with Crippen LogP contribution >= 0.6 is 23.1 Å². The molecule has 0 atom stereocenters. The number of carbonyl (C=O) groups excluding carboxylic acids is 1. The first-order valence-corrected chi connectivity index (χ1v) is 12.7. The van der Waals surface area contributed by atoms with Crippen LogP contribution < -0.4 is 10.9 Å². The van der Waals surface area contributed by atoms with Crippen molar-refractivity contribution in [2.24, 2.45) is 0 Å². The summed E-state index contributed by atoms with van der Waals surface area (Å²) < 4.78 is 1.48. The van der Waals surface area contributed by atoms with Crippen molar-refractivity contribution in [2.75, 3.05) is 11.1 Å². The second-order valence-electron chi connectivity index (χ2n) is 7.94. The summed E-state index contributed by atoms with van der Waals surface area (Å²) in [5.41, 5.74) is 4.18. The van der Waals surface area contributed by atoms with E-state index in [1.807, 2.05) is 61.7 Å². The average Bonchev–Trinajstić information content (AvgIpc) is 3.32. The molecule has 3 aromatic heterocycles. The largest absolute Gasteiger partial charge is 0.301 e. The summed E-state index contributed by atoms with van der Waals surface area (Å²) in [6, 6.07) is 19.0. The molecule has 0 aliphatic rings. The minimum Gasteiger partial charge on any atom is -0.301 e. The Morgan fingerprint density at radius 2 is 1.83 bits per heavy atom. The Bertz CT molecular complexity index is 1590. The Morgan fingerprint density at radius 3 is 2.63 bits per heavy atom. The number of thioether (sulfide) groups is 1. The van der Waals surface area contributed by atoms with Gasteiger partial charge in [-0.2, -0.15) is 0 Å². The molecule has 5 rings (SSSR count). The zero-order valence-corrected chi connectivity index (χ0v) is 20.7. The number of benzene rings is 2. The third-order valence-corrected chi connectivity index (χ3v) is 7.07. The topological polar surface area (TPSA) is 89.8 Å². The zero-order valence-electron chi connectivity index (χ0n) is 19.1. The molecule has 0 radical (unpaired) electrons. The van der Waals surface area contributed by atoms with Crippen molar-refractivity contribution < 1.29 is 4.79 Å². The summed E-state index contributed by atoms with van der Waals surface area (Å²) in [6.45, 7) is 3.92. The van der Waals surface area contributed by atoms with Crippen LogP contribution in [0.1, 0.15) is 11.1 Å². The third-order valence-electron chi connectivity index (χ3n) is 5.37. The van der Waals surface area contributed by atoms with Gasteiger partial charge in [-0.25, -0.2) is 19.5 Å². The predicted octanol–water partition coefficient (Wildman–Crippen LogP) is 5.25. The number of nitrogens with zero attached hydrogens (tertiary/aromatic N) is 4. The first-order valence-electron chi connectivity index (χ1n) is 10.9. The molecule has 3 heterocycles. The van der Waals surface area contributed by atoms with Gasteiger partial charge in [-0.15, -0.1) is 11.3 Å². The Labute approximate surface area is 209 Å². The zero-order chi connectivity index (χ0) is 24.4. The summed E-state index contributed by atoms with van der Waals surface area (Å²) >= 11 is 2.56. The van der Waals surface area contributed by atoms with Crippen LogP contribution in [0.5, 0.6) is 0 Å². The van der Waals surface area contributed by atoms with Crippen molar-refractivity contribution in [3.05, 3.63) is 93.7 Å². The van der Waals surface area contributed by atoms with E-state index in [-0.39, 0.29) is 17.2 Å². The quantitative estimate of drug-likeness (QED) is 0.253. The number of aryl methyl sites for hydroxylation is 2. The smallest absolute Gasteiger partial charge is 0.267 e. The van der Waals surface area contributed by atoms with E-state index in [2.05, 4.69) is 20.3 Å². The van der Waals surface area contributed by atoms with Crippen LogP contribution in [0.4, 0.5) is 5.13 Å². The molecule has 0 bridgehead atoms. The lowest BCUT2D eigenvalue weighted by atomic mass is 10.1. The van der Waals surface area contributed by atoms with Crippen LogP contribution in [0, 0.1) is 13.8 Å². The number of para-hydroxylation sites is 1. The predicted molar refractivity (Wildman–Crippen MR) is 142 cm³/mol. The maximum atomic E-state index is 13.4. The molecule has 0 fully saturated rings. The number of carbonyl (C=O) groups is 1.